The number of amides is 1. The van der Waals surface area contributed by atoms with Gasteiger partial charge in [0.1, 0.15) is 0 Å². The molecule has 1 heterocycles. The van der Waals surface area contributed by atoms with Crippen molar-refractivity contribution in [2.75, 3.05) is 18.8 Å². The number of piperidine rings is 1. The van der Waals surface area contributed by atoms with Gasteiger partial charge in [-0.25, -0.2) is 0 Å². The van der Waals surface area contributed by atoms with Gasteiger partial charge < -0.3 is 10.6 Å². The Kier molecular flexibility index (Phi) is 4.13. The SMILES string of the molecule is Nc1cccc(C(=O)N2CCCC(C(F)(F)F)C2)c1Cl. The summed E-state index contributed by atoms with van der Waals surface area (Å²) in [5.41, 5.74) is 5.99. The van der Waals surface area contributed by atoms with E-state index in [0.29, 0.717) is 13.0 Å². The summed E-state index contributed by atoms with van der Waals surface area (Å²) in [4.78, 5) is 13.5. The van der Waals surface area contributed by atoms with Crippen LogP contribution in [0.4, 0.5) is 18.9 Å². The maximum Gasteiger partial charge on any atom is 0.393 e. The van der Waals surface area contributed by atoms with E-state index in [-0.39, 0.29) is 29.2 Å². The Hall–Kier alpha value is -1.43. The number of nitrogen functional groups attached to an aromatic ring is 1. The normalized spacial score (nSPS) is 20.0. The summed E-state index contributed by atoms with van der Waals surface area (Å²) in [5, 5.41) is 0.0895. The minimum absolute atomic E-state index is 0.0535. The summed E-state index contributed by atoms with van der Waals surface area (Å²) in [5.74, 6) is -1.98. The van der Waals surface area contributed by atoms with Crippen LogP contribution in [0.3, 0.4) is 0 Å². The highest BCUT2D eigenvalue weighted by Crippen LogP contribution is 2.34. The van der Waals surface area contributed by atoms with Crippen molar-refractivity contribution >= 4 is 23.2 Å². The number of alkyl halides is 3. The van der Waals surface area contributed by atoms with E-state index in [2.05, 4.69) is 0 Å². The lowest BCUT2D eigenvalue weighted by atomic mass is 9.97. The van der Waals surface area contributed by atoms with Crippen LogP contribution in [0, 0.1) is 5.92 Å². The van der Waals surface area contributed by atoms with Crippen LogP contribution in [0.25, 0.3) is 0 Å². The summed E-state index contributed by atoms with van der Waals surface area (Å²) in [7, 11) is 0. The largest absolute Gasteiger partial charge is 0.398 e. The number of carbonyl (C=O) groups is 1. The molecule has 0 saturated carbocycles. The van der Waals surface area contributed by atoms with E-state index in [4.69, 9.17) is 17.3 Å². The molecule has 1 unspecified atom stereocenters. The van der Waals surface area contributed by atoms with E-state index < -0.39 is 18.0 Å². The quantitative estimate of drug-likeness (QED) is 0.809. The number of hydrogen-bond donors (Lipinski definition) is 1. The number of rotatable bonds is 1. The van der Waals surface area contributed by atoms with Gasteiger partial charge in [-0.2, -0.15) is 13.2 Å². The van der Waals surface area contributed by atoms with E-state index >= 15 is 0 Å². The summed E-state index contributed by atoms with van der Waals surface area (Å²) < 4.78 is 38.2. The monoisotopic (exact) mass is 306 g/mol. The molecule has 0 bridgehead atoms. The second kappa shape index (κ2) is 5.52. The molecule has 0 radical (unpaired) electrons. The van der Waals surface area contributed by atoms with Gasteiger partial charge in [0.2, 0.25) is 0 Å². The van der Waals surface area contributed by atoms with E-state index in [0.717, 1.165) is 0 Å². The molecule has 3 nitrogen and oxygen atoms in total. The van der Waals surface area contributed by atoms with Crippen molar-refractivity contribution in [2.24, 2.45) is 5.92 Å². The highest BCUT2D eigenvalue weighted by molar-refractivity contribution is 6.36. The van der Waals surface area contributed by atoms with Crippen molar-refractivity contribution in [3.8, 4) is 0 Å². The highest BCUT2D eigenvalue weighted by atomic mass is 35.5. The van der Waals surface area contributed by atoms with Crippen LogP contribution in [0.1, 0.15) is 23.2 Å². The number of halogens is 4. The maximum absolute atomic E-state index is 12.7. The first kappa shape index (κ1) is 15.0. The Morgan fingerprint density at radius 3 is 2.75 bits per heavy atom. The van der Waals surface area contributed by atoms with Crippen LogP contribution in [-0.2, 0) is 0 Å². The Labute approximate surface area is 119 Å². The van der Waals surface area contributed by atoms with E-state index in [1.165, 1.54) is 17.0 Å². The average molecular weight is 307 g/mol. The molecule has 1 fully saturated rings. The molecule has 110 valence electrons. The number of benzene rings is 1. The molecule has 1 amide bonds. The van der Waals surface area contributed by atoms with Crippen LogP contribution in [0.15, 0.2) is 18.2 Å². The molecular weight excluding hydrogens is 293 g/mol. The fraction of sp³-hybridized carbons (Fsp3) is 0.462. The number of carbonyl (C=O) groups excluding carboxylic acids is 1. The molecule has 1 aromatic carbocycles. The zero-order chi connectivity index (χ0) is 14.9. The third-order valence-corrected chi connectivity index (χ3v) is 3.85. The standard InChI is InChI=1S/C13H14ClF3N2O/c14-11-9(4-1-5-10(11)18)12(20)19-6-2-3-8(7-19)13(15,16)17/h1,4-5,8H,2-3,6-7,18H2. The zero-order valence-corrected chi connectivity index (χ0v) is 11.3. The number of anilines is 1. The molecule has 1 saturated heterocycles. The molecule has 20 heavy (non-hydrogen) atoms. The van der Waals surface area contributed by atoms with Crippen LogP contribution in [0.2, 0.25) is 5.02 Å². The van der Waals surface area contributed by atoms with Gasteiger partial charge in [0, 0.05) is 13.1 Å². The zero-order valence-electron chi connectivity index (χ0n) is 10.6. The third-order valence-electron chi connectivity index (χ3n) is 3.43. The lowest BCUT2D eigenvalue weighted by Gasteiger charge is -2.34. The summed E-state index contributed by atoms with van der Waals surface area (Å²) in [6.45, 7) is -0.0238. The maximum atomic E-state index is 12.7. The van der Waals surface area contributed by atoms with E-state index in [9.17, 15) is 18.0 Å². The minimum Gasteiger partial charge on any atom is -0.398 e. The number of nitrogens with two attached hydrogens (primary N) is 1. The average Bonchev–Trinajstić information content (AvgIpc) is 2.40. The minimum atomic E-state index is -4.28. The van der Waals surface area contributed by atoms with Gasteiger partial charge in [-0.3, -0.25) is 4.79 Å². The molecule has 0 aromatic heterocycles. The summed E-state index contributed by atoms with van der Waals surface area (Å²) in [6.07, 6.45) is -3.90. The molecule has 2 rings (SSSR count). The molecular formula is C13H14ClF3N2O. The molecule has 2 N–H and O–H groups in total. The highest BCUT2D eigenvalue weighted by Gasteiger charge is 2.42. The predicted octanol–water partition coefficient (Wildman–Crippen LogP) is 3.34. The molecule has 1 aromatic rings. The first-order valence-electron chi connectivity index (χ1n) is 6.20. The van der Waals surface area contributed by atoms with Gasteiger partial charge in [0.05, 0.1) is 22.2 Å². The molecule has 1 atom stereocenters. The summed E-state index contributed by atoms with van der Waals surface area (Å²) >= 11 is 5.94. The Balaban J connectivity index is 2.19. The van der Waals surface area contributed by atoms with Crippen molar-refractivity contribution in [2.45, 2.75) is 19.0 Å². The van der Waals surface area contributed by atoms with Crippen LogP contribution in [-0.4, -0.2) is 30.1 Å². The fourth-order valence-electron chi connectivity index (χ4n) is 2.31. The van der Waals surface area contributed by atoms with Gasteiger partial charge >= 0.3 is 6.18 Å². The molecule has 1 aliphatic rings. The molecule has 7 heteroatoms. The van der Waals surface area contributed by atoms with Crippen molar-refractivity contribution in [1.29, 1.82) is 0 Å². The van der Waals surface area contributed by atoms with Crippen molar-refractivity contribution in [3.63, 3.8) is 0 Å². The van der Waals surface area contributed by atoms with Gasteiger partial charge in [-0.15, -0.1) is 0 Å². The first-order chi connectivity index (χ1) is 9.30. The summed E-state index contributed by atoms with van der Waals surface area (Å²) in [6, 6.07) is 4.56. The lowest BCUT2D eigenvalue weighted by molar-refractivity contribution is -0.184. The lowest BCUT2D eigenvalue weighted by Crippen LogP contribution is -2.44. The van der Waals surface area contributed by atoms with Crippen LogP contribution in [0.5, 0.6) is 0 Å². The second-order valence-electron chi connectivity index (χ2n) is 4.84. The van der Waals surface area contributed by atoms with E-state index in [1.54, 1.807) is 6.07 Å². The van der Waals surface area contributed by atoms with Crippen LogP contribution < -0.4 is 5.73 Å². The Morgan fingerprint density at radius 2 is 2.10 bits per heavy atom. The Morgan fingerprint density at radius 1 is 1.40 bits per heavy atom. The fourth-order valence-corrected chi connectivity index (χ4v) is 2.52. The molecule has 0 aliphatic carbocycles. The van der Waals surface area contributed by atoms with E-state index in [1.807, 2.05) is 0 Å². The van der Waals surface area contributed by atoms with Crippen molar-refractivity contribution in [3.05, 3.63) is 28.8 Å². The van der Waals surface area contributed by atoms with Gasteiger partial charge in [-0.05, 0) is 25.0 Å². The second-order valence-corrected chi connectivity index (χ2v) is 5.22. The van der Waals surface area contributed by atoms with Gasteiger partial charge in [0.25, 0.3) is 5.91 Å². The number of hydrogen-bond acceptors (Lipinski definition) is 2. The van der Waals surface area contributed by atoms with Crippen molar-refractivity contribution in [1.82, 2.24) is 4.90 Å². The van der Waals surface area contributed by atoms with Crippen LogP contribution >= 0.6 is 11.6 Å². The topological polar surface area (TPSA) is 46.3 Å². The smallest absolute Gasteiger partial charge is 0.393 e. The first-order valence-corrected chi connectivity index (χ1v) is 6.58. The van der Waals surface area contributed by atoms with Crippen molar-refractivity contribution < 1.29 is 18.0 Å². The van der Waals surface area contributed by atoms with Gasteiger partial charge in [0.15, 0.2) is 0 Å². The number of nitrogens with zero attached hydrogens (tertiary/aromatic N) is 1. The molecule has 0 spiro atoms. The predicted molar refractivity (Wildman–Crippen MR) is 70.5 cm³/mol. The Bertz CT molecular complexity index is 519. The van der Waals surface area contributed by atoms with Gasteiger partial charge in [-0.1, -0.05) is 17.7 Å². The third kappa shape index (κ3) is 3.00. The molecule has 1 aliphatic heterocycles. The number of likely N-dealkylation sites (tertiary alicyclic amines) is 1.